The first-order chi connectivity index (χ1) is 27.9. The standard InChI is InChI=1S/C56H49N/c1-55(2)52-15-9-8-13-47(52)48-27-25-45(32-53(48)55)57(44-23-19-42(20-24-44)56-33-36-28-37(34-56)30-38(29-36)35-56)43-21-16-39(17-22-43)41-18-26-50-51(31-41)46-12-6-7-14-49(46)54(50)40-10-4-3-5-11-40/h3-27,31-32,36-38,54H,28-30,33-35H2,1-2H3. The van der Waals surface area contributed by atoms with Crippen LogP contribution in [0.25, 0.3) is 33.4 Å². The highest BCUT2D eigenvalue weighted by Crippen LogP contribution is 2.61. The van der Waals surface area contributed by atoms with Gasteiger partial charge in [-0.15, -0.1) is 0 Å². The molecule has 0 heterocycles. The summed E-state index contributed by atoms with van der Waals surface area (Å²) in [6.07, 6.45) is 8.62. The van der Waals surface area contributed by atoms with Crippen LogP contribution in [0.1, 0.15) is 91.7 Å². The number of benzene rings is 7. The minimum Gasteiger partial charge on any atom is -0.310 e. The van der Waals surface area contributed by atoms with Crippen LogP contribution in [0.5, 0.6) is 0 Å². The molecule has 0 spiro atoms. The van der Waals surface area contributed by atoms with Crippen molar-refractivity contribution in [3.63, 3.8) is 0 Å². The van der Waals surface area contributed by atoms with E-state index in [9.17, 15) is 0 Å². The van der Waals surface area contributed by atoms with E-state index in [0.717, 1.165) is 17.8 Å². The molecule has 0 amide bonds. The maximum atomic E-state index is 2.50. The molecule has 7 aromatic carbocycles. The van der Waals surface area contributed by atoms with E-state index in [4.69, 9.17) is 0 Å². The van der Waals surface area contributed by atoms with Crippen LogP contribution in [-0.4, -0.2) is 0 Å². The van der Waals surface area contributed by atoms with Gasteiger partial charge >= 0.3 is 0 Å². The number of anilines is 3. The van der Waals surface area contributed by atoms with E-state index >= 15 is 0 Å². The van der Waals surface area contributed by atoms with E-state index in [1.807, 2.05) is 0 Å². The Kier molecular flexibility index (Phi) is 7.29. The summed E-state index contributed by atoms with van der Waals surface area (Å²) in [6.45, 7) is 4.77. The van der Waals surface area contributed by atoms with Gasteiger partial charge in [0.1, 0.15) is 0 Å². The number of rotatable bonds is 6. The number of fused-ring (bicyclic) bond motifs is 6. The molecule has 4 bridgehead atoms. The summed E-state index contributed by atoms with van der Waals surface area (Å²) in [6, 6.07) is 62.4. The van der Waals surface area contributed by atoms with Gasteiger partial charge in [0.2, 0.25) is 0 Å². The first kappa shape index (κ1) is 33.5. The highest BCUT2D eigenvalue weighted by molar-refractivity contribution is 5.87. The number of hydrogen-bond acceptors (Lipinski definition) is 1. The molecule has 6 aliphatic rings. The molecular formula is C56H49N. The largest absolute Gasteiger partial charge is 0.310 e. The van der Waals surface area contributed by atoms with E-state index in [-0.39, 0.29) is 11.3 Å². The Hall–Kier alpha value is -5.66. The molecule has 57 heavy (non-hydrogen) atoms. The lowest BCUT2D eigenvalue weighted by molar-refractivity contribution is -0.00518. The highest BCUT2D eigenvalue weighted by Gasteiger charge is 2.51. The van der Waals surface area contributed by atoms with Crippen LogP contribution < -0.4 is 4.90 Å². The van der Waals surface area contributed by atoms with Crippen LogP contribution >= 0.6 is 0 Å². The van der Waals surface area contributed by atoms with Crippen LogP contribution in [0.3, 0.4) is 0 Å². The van der Waals surface area contributed by atoms with E-state index in [2.05, 4.69) is 183 Å². The minimum absolute atomic E-state index is 0.0640. The Morgan fingerprint density at radius 3 is 1.72 bits per heavy atom. The van der Waals surface area contributed by atoms with Gasteiger partial charge in [0.25, 0.3) is 0 Å². The summed E-state index contributed by atoms with van der Waals surface area (Å²) in [5.74, 6) is 3.09. The van der Waals surface area contributed by atoms with Gasteiger partial charge in [0.05, 0.1) is 0 Å². The van der Waals surface area contributed by atoms with Crippen LogP contribution in [-0.2, 0) is 10.8 Å². The lowest BCUT2D eigenvalue weighted by atomic mass is 9.48. The second-order valence-electron chi connectivity index (χ2n) is 18.8. The van der Waals surface area contributed by atoms with Gasteiger partial charge in [-0.3, -0.25) is 0 Å². The molecular weight excluding hydrogens is 687 g/mol. The summed E-state index contributed by atoms with van der Waals surface area (Å²) < 4.78 is 0. The average Bonchev–Trinajstić information content (AvgIpc) is 3.69. The molecule has 1 atom stereocenters. The zero-order valence-electron chi connectivity index (χ0n) is 33.1. The predicted octanol–water partition coefficient (Wildman–Crippen LogP) is 14.8. The van der Waals surface area contributed by atoms with Crippen molar-refractivity contribution in [2.24, 2.45) is 17.8 Å². The van der Waals surface area contributed by atoms with Gasteiger partial charge in [0.15, 0.2) is 0 Å². The third-order valence-electron chi connectivity index (χ3n) is 15.1. The molecule has 278 valence electrons. The molecule has 6 aliphatic carbocycles. The molecule has 0 saturated heterocycles. The summed E-state index contributed by atoms with van der Waals surface area (Å²) in [5.41, 5.74) is 20.4. The molecule has 4 fully saturated rings. The average molecular weight is 736 g/mol. The van der Waals surface area contributed by atoms with Crippen molar-refractivity contribution in [3.05, 3.63) is 197 Å². The molecule has 4 saturated carbocycles. The zero-order valence-corrected chi connectivity index (χ0v) is 33.1. The van der Waals surface area contributed by atoms with Gasteiger partial charge in [0, 0.05) is 28.4 Å². The molecule has 1 heteroatoms. The number of nitrogens with zero attached hydrogens (tertiary/aromatic N) is 1. The van der Waals surface area contributed by atoms with Crippen molar-refractivity contribution in [2.75, 3.05) is 4.90 Å². The van der Waals surface area contributed by atoms with Crippen LogP contribution in [0.2, 0.25) is 0 Å². The SMILES string of the molecule is CC1(C)c2ccccc2-c2ccc(N(c3ccc(-c4ccc5c(c4)-c4ccccc4C5c4ccccc4)cc3)c3ccc(C45CC6CC(CC(C6)C4)C5)cc3)cc21. The summed E-state index contributed by atoms with van der Waals surface area (Å²) >= 11 is 0. The lowest BCUT2D eigenvalue weighted by Gasteiger charge is -2.57. The van der Waals surface area contributed by atoms with Gasteiger partial charge in [-0.05, 0) is 171 Å². The molecule has 0 radical (unpaired) electrons. The first-order valence-corrected chi connectivity index (χ1v) is 21.5. The molecule has 1 nitrogen and oxygen atoms in total. The second-order valence-corrected chi connectivity index (χ2v) is 18.8. The fourth-order valence-corrected chi connectivity index (χ4v) is 12.9. The maximum absolute atomic E-state index is 2.50. The van der Waals surface area contributed by atoms with Gasteiger partial charge < -0.3 is 4.90 Å². The third-order valence-corrected chi connectivity index (χ3v) is 15.1. The van der Waals surface area contributed by atoms with Crippen molar-refractivity contribution in [1.82, 2.24) is 0 Å². The van der Waals surface area contributed by atoms with Crippen molar-refractivity contribution in [2.45, 2.75) is 69.1 Å². The highest BCUT2D eigenvalue weighted by atomic mass is 15.1. The fraction of sp³-hybridized carbons (Fsp3) is 0.250. The monoisotopic (exact) mass is 735 g/mol. The fourth-order valence-electron chi connectivity index (χ4n) is 12.9. The van der Waals surface area contributed by atoms with Crippen LogP contribution in [0.4, 0.5) is 17.1 Å². The summed E-state index contributed by atoms with van der Waals surface area (Å²) in [7, 11) is 0. The Balaban J connectivity index is 0.931. The topological polar surface area (TPSA) is 3.24 Å². The quantitative estimate of drug-likeness (QED) is 0.164. The predicted molar refractivity (Wildman–Crippen MR) is 237 cm³/mol. The molecule has 13 rings (SSSR count). The van der Waals surface area contributed by atoms with Gasteiger partial charge in [-0.25, -0.2) is 0 Å². The zero-order chi connectivity index (χ0) is 37.9. The van der Waals surface area contributed by atoms with E-state index in [1.165, 1.54) is 117 Å². The molecule has 1 unspecified atom stereocenters. The van der Waals surface area contributed by atoms with Gasteiger partial charge in [-0.1, -0.05) is 135 Å². The molecule has 7 aromatic rings. The molecule has 0 N–H and O–H groups in total. The third kappa shape index (κ3) is 5.14. The molecule has 0 aliphatic heterocycles. The van der Waals surface area contributed by atoms with E-state index < -0.39 is 0 Å². The summed E-state index contributed by atoms with van der Waals surface area (Å²) in [4.78, 5) is 2.50. The normalized spacial score (nSPS) is 24.1. The lowest BCUT2D eigenvalue weighted by Crippen LogP contribution is -2.48. The number of hydrogen-bond donors (Lipinski definition) is 0. The Morgan fingerprint density at radius 1 is 0.439 bits per heavy atom. The van der Waals surface area contributed by atoms with Crippen LogP contribution in [0.15, 0.2) is 164 Å². The minimum atomic E-state index is -0.0640. The van der Waals surface area contributed by atoms with Crippen molar-refractivity contribution in [1.29, 1.82) is 0 Å². The van der Waals surface area contributed by atoms with E-state index in [0.29, 0.717) is 5.41 Å². The van der Waals surface area contributed by atoms with E-state index in [1.54, 1.807) is 5.56 Å². The Bertz CT molecular complexity index is 2650. The van der Waals surface area contributed by atoms with Crippen LogP contribution in [0, 0.1) is 17.8 Å². The smallest absolute Gasteiger partial charge is 0.0465 e. The van der Waals surface area contributed by atoms with Crippen molar-refractivity contribution in [3.8, 4) is 33.4 Å². The van der Waals surface area contributed by atoms with Gasteiger partial charge in [-0.2, -0.15) is 0 Å². The second kappa shape index (κ2) is 12.4. The Labute approximate surface area is 338 Å². The first-order valence-electron chi connectivity index (χ1n) is 21.5. The Morgan fingerprint density at radius 2 is 1.00 bits per heavy atom. The van der Waals surface area contributed by atoms with Crippen molar-refractivity contribution < 1.29 is 0 Å². The maximum Gasteiger partial charge on any atom is 0.0465 e. The summed E-state index contributed by atoms with van der Waals surface area (Å²) in [5, 5.41) is 0. The molecule has 0 aromatic heterocycles. The van der Waals surface area contributed by atoms with Crippen molar-refractivity contribution >= 4 is 17.1 Å².